The summed E-state index contributed by atoms with van der Waals surface area (Å²) in [7, 11) is 1.53. The second-order valence-corrected chi connectivity index (χ2v) is 9.67. The summed E-state index contributed by atoms with van der Waals surface area (Å²) in [6, 6.07) is 8.24. The Labute approximate surface area is 219 Å². The number of carboxylic acids is 1. The largest absolute Gasteiger partial charge is 0.497 e. The molecule has 1 saturated heterocycles. The molecular weight excluding hydrogens is 499 g/mol. The van der Waals surface area contributed by atoms with E-state index in [9.17, 15) is 18.7 Å². The van der Waals surface area contributed by atoms with Gasteiger partial charge in [0.1, 0.15) is 35.9 Å². The summed E-state index contributed by atoms with van der Waals surface area (Å²) in [5.41, 5.74) is 6.47. The van der Waals surface area contributed by atoms with E-state index in [0.29, 0.717) is 60.3 Å². The Morgan fingerprint density at radius 1 is 1.16 bits per heavy atom. The van der Waals surface area contributed by atoms with Crippen molar-refractivity contribution in [2.45, 2.75) is 38.4 Å². The molecule has 1 aliphatic heterocycles. The molecule has 0 spiro atoms. The maximum absolute atomic E-state index is 15.8. The minimum atomic E-state index is -1.42. The number of piperidine rings is 1. The monoisotopic (exact) mass is 531 g/mol. The maximum Gasteiger partial charge on any atom is 0.309 e. The van der Waals surface area contributed by atoms with Crippen LogP contribution in [0, 0.1) is 17.0 Å². The molecule has 2 aromatic carbocycles. The summed E-state index contributed by atoms with van der Waals surface area (Å²) in [6.45, 7) is 1.78. The first kappa shape index (κ1) is 27.7. The number of halogens is 3. The number of hydrogen-bond acceptors (Lipinski definition) is 6. The molecule has 0 bridgehead atoms. The number of alkyl halides is 1. The second-order valence-electron chi connectivity index (χ2n) is 9.67. The fourth-order valence-corrected chi connectivity index (χ4v) is 5.12. The minimum absolute atomic E-state index is 0.0316. The van der Waals surface area contributed by atoms with Gasteiger partial charge in [-0.3, -0.25) is 14.7 Å². The van der Waals surface area contributed by atoms with Crippen molar-refractivity contribution in [1.82, 2.24) is 9.88 Å². The zero-order chi connectivity index (χ0) is 27.3. The molecule has 7 nitrogen and oxygen atoms in total. The Kier molecular flexibility index (Phi) is 8.73. The lowest BCUT2D eigenvalue weighted by Gasteiger charge is -2.39. The molecular formula is C28H32F3N3O4. The standard InChI is InChI=1S/C28H32F3N3O4/c1-37-21-2-3-25-23(15-21)26(18(16-32)17-33-25)24(31)4-5-28(27(35)36)6-8-34(9-7-28)10-11-38-22-13-19(29)12-20(30)14-22/h2-3,12-15,17,24H,4-11,16,32H2,1H3,(H,35,36)/t24-/m1/s1. The van der Waals surface area contributed by atoms with Gasteiger partial charge in [0.2, 0.25) is 0 Å². The molecule has 3 aromatic rings. The van der Waals surface area contributed by atoms with Crippen molar-refractivity contribution in [2.75, 3.05) is 33.4 Å². The fourth-order valence-electron chi connectivity index (χ4n) is 5.12. The van der Waals surface area contributed by atoms with Crippen LogP contribution in [0.1, 0.15) is 43.0 Å². The average molecular weight is 532 g/mol. The van der Waals surface area contributed by atoms with Crippen molar-refractivity contribution in [3.05, 3.63) is 65.4 Å². The van der Waals surface area contributed by atoms with Gasteiger partial charge in [-0.05, 0) is 62.5 Å². The maximum atomic E-state index is 15.8. The van der Waals surface area contributed by atoms with Gasteiger partial charge in [0.25, 0.3) is 0 Å². The third-order valence-corrected chi connectivity index (χ3v) is 7.39. The minimum Gasteiger partial charge on any atom is -0.497 e. The normalized spacial score (nSPS) is 16.3. The van der Waals surface area contributed by atoms with E-state index in [0.717, 1.165) is 18.2 Å². The number of fused-ring (bicyclic) bond motifs is 1. The Balaban J connectivity index is 1.39. The highest BCUT2D eigenvalue weighted by atomic mass is 19.1. The molecule has 0 aliphatic carbocycles. The van der Waals surface area contributed by atoms with E-state index in [4.69, 9.17) is 15.2 Å². The van der Waals surface area contributed by atoms with E-state index in [1.807, 2.05) is 4.90 Å². The van der Waals surface area contributed by atoms with Crippen LogP contribution in [-0.4, -0.2) is 54.3 Å². The van der Waals surface area contributed by atoms with Crippen molar-refractivity contribution in [1.29, 1.82) is 0 Å². The van der Waals surface area contributed by atoms with Crippen LogP contribution >= 0.6 is 0 Å². The summed E-state index contributed by atoms with van der Waals surface area (Å²) in [4.78, 5) is 18.7. The lowest BCUT2D eigenvalue weighted by Crippen LogP contribution is -2.45. The number of aromatic nitrogens is 1. The predicted molar refractivity (Wildman–Crippen MR) is 137 cm³/mol. The Morgan fingerprint density at radius 3 is 2.50 bits per heavy atom. The summed E-state index contributed by atoms with van der Waals surface area (Å²) in [6.07, 6.45) is 1.08. The van der Waals surface area contributed by atoms with E-state index >= 15 is 4.39 Å². The molecule has 3 N–H and O–H groups in total. The molecule has 0 amide bonds. The summed E-state index contributed by atoms with van der Waals surface area (Å²) < 4.78 is 53.2. The highest BCUT2D eigenvalue weighted by Gasteiger charge is 2.41. The Bertz CT molecular complexity index is 1260. The molecule has 2 heterocycles. The zero-order valence-electron chi connectivity index (χ0n) is 21.3. The lowest BCUT2D eigenvalue weighted by atomic mass is 9.74. The first-order chi connectivity index (χ1) is 18.2. The van der Waals surface area contributed by atoms with Crippen molar-refractivity contribution >= 4 is 16.9 Å². The second kappa shape index (κ2) is 12.0. The van der Waals surface area contributed by atoms with E-state index in [2.05, 4.69) is 4.98 Å². The number of ether oxygens (including phenoxy) is 2. The van der Waals surface area contributed by atoms with Crippen LogP contribution in [0.2, 0.25) is 0 Å². The van der Waals surface area contributed by atoms with Crippen LogP contribution in [0.5, 0.6) is 11.5 Å². The van der Waals surface area contributed by atoms with Gasteiger partial charge < -0.3 is 20.3 Å². The highest BCUT2D eigenvalue weighted by molar-refractivity contribution is 5.85. The van der Waals surface area contributed by atoms with Crippen LogP contribution in [0.25, 0.3) is 10.9 Å². The molecule has 38 heavy (non-hydrogen) atoms. The number of nitrogens with zero attached hydrogens (tertiary/aromatic N) is 2. The summed E-state index contributed by atoms with van der Waals surface area (Å²) in [5, 5.41) is 10.7. The van der Waals surface area contributed by atoms with Gasteiger partial charge in [-0.25, -0.2) is 13.2 Å². The number of likely N-dealkylation sites (tertiary alicyclic amines) is 1. The smallest absolute Gasteiger partial charge is 0.309 e. The fraction of sp³-hybridized carbons (Fsp3) is 0.429. The average Bonchev–Trinajstić information content (AvgIpc) is 2.90. The lowest BCUT2D eigenvalue weighted by molar-refractivity contribution is -0.153. The van der Waals surface area contributed by atoms with Crippen LogP contribution in [0.3, 0.4) is 0 Å². The number of carboxylic acid groups (broad SMARTS) is 1. The zero-order valence-corrected chi connectivity index (χ0v) is 21.3. The summed E-state index contributed by atoms with van der Waals surface area (Å²) in [5.74, 6) is -1.69. The van der Waals surface area contributed by atoms with Gasteiger partial charge in [0.15, 0.2) is 0 Å². The van der Waals surface area contributed by atoms with Gasteiger partial charge in [-0.1, -0.05) is 0 Å². The number of benzene rings is 2. The molecule has 0 saturated carbocycles. The molecule has 0 unspecified atom stereocenters. The van der Waals surface area contributed by atoms with E-state index in [1.165, 1.54) is 7.11 Å². The van der Waals surface area contributed by atoms with E-state index < -0.39 is 29.2 Å². The quantitative estimate of drug-likeness (QED) is 0.359. The van der Waals surface area contributed by atoms with Crippen molar-refractivity contribution in [2.24, 2.45) is 11.1 Å². The molecule has 1 fully saturated rings. The van der Waals surface area contributed by atoms with Crippen LogP contribution < -0.4 is 15.2 Å². The third kappa shape index (κ3) is 6.19. The molecule has 10 heteroatoms. The number of methoxy groups -OCH3 is 1. The van der Waals surface area contributed by atoms with Crippen LogP contribution in [-0.2, 0) is 11.3 Å². The van der Waals surface area contributed by atoms with Crippen LogP contribution in [0.4, 0.5) is 13.2 Å². The SMILES string of the molecule is COc1ccc2ncc(CN)c([C@H](F)CCC3(C(=O)O)CCN(CCOc4cc(F)cc(F)c4)CC3)c2c1. The molecule has 1 atom stereocenters. The highest BCUT2D eigenvalue weighted by Crippen LogP contribution is 2.41. The number of carbonyl (C=O) groups is 1. The Hall–Kier alpha value is -3.37. The number of hydrogen-bond donors (Lipinski definition) is 2. The number of rotatable bonds is 11. The van der Waals surface area contributed by atoms with Gasteiger partial charge >= 0.3 is 5.97 Å². The summed E-state index contributed by atoms with van der Waals surface area (Å²) >= 11 is 0. The van der Waals surface area contributed by atoms with Gasteiger partial charge in [0, 0.05) is 48.4 Å². The number of pyridine rings is 1. The molecule has 0 radical (unpaired) electrons. The van der Waals surface area contributed by atoms with Gasteiger partial charge in [-0.2, -0.15) is 0 Å². The molecule has 1 aromatic heterocycles. The number of aliphatic carboxylic acids is 1. The third-order valence-electron chi connectivity index (χ3n) is 7.39. The van der Waals surface area contributed by atoms with Gasteiger partial charge in [-0.15, -0.1) is 0 Å². The van der Waals surface area contributed by atoms with Crippen LogP contribution in [0.15, 0.2) is 42.6 Å². The molecule has 4 rings (SSSR count). The van der Waals surface area contributed by atoms with Crippen molar-refractivity contribution < 1.29 is 32.5 Å². The van der Waals surface area contributed by atoms with E-state index in [-0.39, 0.29) is 31.7 Å². The Morgan fingerprint density at radius 2 is 1.87 bits per heavy atom. The topological polar surface area (TPSA) is 97.9 Å². The van der Waals surface area contributed by atoms with Crippen molar-refractivity contribution in [3.8, 4) is 11.5 Å². The first-order valence-electron chi connectivity index (χ1n) is 12.6. The molecule has 1 aliphatic rings. The predicted octanol–water partition coefficient (Wildman–Crippen LogP) is 5.02. The number of nitrogens with two attached hydrogens (primary N) is 1. The van der Waals surface area contributed by atoms with Crippen molar-refractivity contribution in [3.63, 3.8) is 0 Å². The first-order valence-corrected chi connectivity index (χ1v) is 12.6. The van der Waals surface area contributed by atoms with Gasteiger partial charge in [0.05, 0.1) is 18.0 Å². The molecule has 204 valence electrons. The van der Waals surface area contributed by atoms with E-state index in [1.54, 1.807) is 24.4 Å².